The van der Waals surface area contributed by atoms with Gasteiger partial charge in [-0.1, -0.05) is 33.1 Å². The summed E-state index contributed by atoms with van der Waals surface area (Å²) < 4.78 is 0. The molecule has 3 atom stereocenters. The SMILES string of the molecule is CCC1CCCC(N(CC)CC2CCCN2)CC1. The number of hydrogen-bond donors (Lipinski definition) is 1. The van der Waals surface area contributed by atoms with Crippen molar-refractivity contribution in [2.24, 2.45) is 5.92 Å². The lowest BCUT2D eigenvalue weighted by molar-refractivity contribution is 0.171. The topological polar surface area (TPSA) is 15.3 Å². The molecule has 1 N–H and O–H groups in total. The number of nitrogens with zero attached hydrogens (tertiary/aromatic N) is 1. The van der Waals surface area contributed by atoms with Crippen LogP contribution in [0.25, 0.3) is 0 Å². The maximum absolute atomic E-state index is 3.65. The van der Waals surface area contributed by atoms with E-state index in [0.29, 0.717) is 0 Å². The molecule has 0 aromatic carbocycles. The smallest absolute Gasteiger partial charge is 0.0195 e. The fraction of sp³-hybridized carbons (Fsp3) is 1.00. The van der Waals surface area contributed by atoms with Crippen LogP contribution in [-0.4, -0.2) is 36.6 Å². The molecule has 2 heteroatoms. The van der Waals surface area contributed by atoms with E-state index in [0.717, 1.165) is 18.0 Å². The summed E-state index contributed by atoms with van der Waals surface area (Å²) in [5.41, 5.74) is 0. The van der Waals surface area contributed by atoms with Gasteiger partial charge < -0.3 is 5.32 Å². The summed E-state index contributed by atoms with van der Waals surface area (Å²) >= 11 is 0. The van der Waals surface area contributed by atoms with Crippen LogP contribution >= 0.6 is 0 Å². The summed E-state index contributed by atoms with van der Waals surface area (Å²) in [6.07, 6.45) is 11.4. The van der Waals surface area contributed by atoms with Gasteiger partial charge >= 0.3 is 0 Å². The summed E-state index contributed by atoms with van der Waals surface area (Å²) in [6, 6.07) is 1.64. The summed E-state index contributed by atoms with van der Waals surface area (Å²) in [4.78, 5) is 2.76. The quantitative estimate of drug-likeness (QED) is 0.754. The maximum atomic E-state index is 3.65. The molecule has 2 aliphatic rings. The van der Waals surface area contributed by atoms with Gasteiger partial charge in [0.2, 0.25) is 0 Å². The second kappa shape index (κ2) is 7.49. The average molecular weight is 252 g/mol. The Morgan fingerprint density at radius 1 is 1.00 bits per heavy atom. The Morgan fingerprint density at radius 3 is 2.56 bits per heavy atom. The molecule has 1 aliphatic carbocycles. The van der Waals surface area contributed by atoms with E-state index in [4.69, 9.17) is 0 Å². The first-order valence-electron chi connectivity index (χ1n) is 8.30. The van der Waals surface area contributed by atoms with Crippen molar-refractivity contribution in [3.63, 3.8) is 0 Å². The van der Waals surface area contributed by atoms with E-state index in [2.05, 4.69) is 24.1 Å². The van der Waals surface area contributed by atoms with E-state index in [1.54, 1.807) is 0 Å². The lowest BCUT2D eigenvalue weighted by Gasteiger charge is -2.32. The maximum Gasteiger partial charge on any atom is 0.0195 e. The first-order chi connectivity index (χ1) is 8.83. The molecule has 0 bridgehead atoms. The van der Waals surface area contributed by atoms with E-state index in [1.807, 2.05) is 0 Å². The van der Waals surface area contributed by atoms with Gasteiger partial charge in [-0.2, -0.15) is 0 Å². The van der Waals surface area contributed by atoms with Crippen LogP contribution in [0.3, 0.4) is 0 Å². The fourth-order valence-electron chi connectivity index (χ4n) is 3.86. The Kier molecular flexibility index (Phi) is 5.97. The molecule has 1 saturated carbocycles. The standard InChI is InChI=1S/C16H32N2/c1-3-14-7-5-9-16(11-10-14)18(4-2)13-15-8-6-12-17-15/h14-17H,3-13H2,1-2H3. The normalized spacial score (nSPS) is 33.8. The van der Waals surface area contributed by atoms with Crippen LogP contribution in [0.2, 0.25) is 0 Å². The number of nitrogens with one attached hydrogen (secondary N) is 1. The van der Waals surface area contributed by atoms with Crippen molar-refractivity contribution in [3.05, 3.63) is 0 Å². The van der Waals surface area contributed by atoms with Gasteiger partial charge in [0.15, 0.2) is 0 Å². The lowest BCUT2D eigenvalue weighted by Crippen LogP contribution is -2.43. The third-order valence-corrected chi connectivity index (χ3v) is 5.18. The molecular formula is C16H32N2. The second-order valence-electron chi connectivity index (χ2n) is 6.32. The molecule has 1 saturated heterocycles. The summed E-state index contributed by atoms with van der Waals surface area (Å²) in [5, 5.41) is 3.65. The monoisotopic (exact) mass is 252 g/mol. The molecule has 18 heavy (non-hydrogen) atoms. The minimum atomic E-state index is 0.773. The Morgan fingerprint density at radius 2 is 1.89 bits per heavy atom. The summed E-state index contributed by atoms with van der Waals surface area (Å²) in [7, 11) is 0. The number of hydrogen-bond acceptors (Lipinski definition) is 2. The molecule has 1 heterocycles. The van der Waals surface area contributed by atoms with Crippen LogP contribution in [0.1, 0.15) is 65.2 Å². The Labute approximate surface area is 114 Å². The van der Waals surface area contributed by atoms with Crippen molar-refractivity contribution in [1.29, 1.82) is 0 Å². The van der Waals surface area contributed by atoms with Crippen molar-refractivity contribution >= 4 is 0 Å². The van der Waals surface area contributed by atoms with Gasteiger partial charge in [-0.25, -0.2) is 0 Å². The van der Waals surface area contributed by atoms with Gasteiger partial charge in [0.25, 0.3) is 0 Å². The van der Waals surface area contributed by atoms with Crippen molar-refractivity contribution < 1.29 is 0 Å². The predicted molar refractivity (Wildman–Crippen MR) is 78.9 cm³/mol. The molecule has 0 radical (unpaired) electrons. The molecule has 0 aromatic rings. The van der Waals surface area contributed by atoms with Crippen LogP contribution in [-0.2, 0) is 0 Å². The zero-order valence-electron chi connectivity index (χ0n) is 12.5. The van der Waals surface area contributed by atoms with E-state index < -0.39 is 0 Å². The molecule has 106 valence electrons. The van der Waals surface area contributed by atoms with Gasteiger partial charge in [-0.3, -0.25) is 4.90 Å². The molecule has 3 unspecified atom stereocenters. The largest absolute Gasteiger partial charge is 0.313 e. The minimum Gasteiger partial charge on any atom is -0.313 e. The lowest BCUT2D eigenvalue weighted by atomic mass is 9.97. The molecule has 2 fully saturated rings. The van der Waals surface area contributed by atoms with Crippen molar-refractivity contribution in [2.75, 3.05) is 19.6 Å². The highest BCUT2D eigenvalue weighted by atomic mass is 15.2. The summed E-state index contributed by atoms with van der Waals surface area (Å²) in [5.74, 6) is 1.01. The van der Waals surface area contributed by atoms with E-state index in [9.17, 15) is 0 Å². The van der Waals surface area contributed by atoms with Crippen LogP contribution in [0.5, 0.6) is 0 Å². The molecule has 2 nitrogen and oxygen atoms in total. The highest BCUT2D eigenvalue weighted by molar-refractivity contribution is 4.83. The van der Waals surface area contributed by atoms with E-state index >= 15 is 0 Å². The average Bonchev–Trinajstić information content (AvgIpc) is 2.79. The first-order valence-corrected chi connectivity index (χ1v) is 8.30. The van der Waals surface area contributed by atoms with E-state index in [-0.39, 0.29) is 0 Å². The Hall–Kier alpha value is -0.0800. The van der Waals surface area contributed by atoms with Gasteiger partial charge in [0.05, 0.1) is 0 Å². The van der Waals surface area contributed by atoms with Crippen LogP contribution in [0.4, 0.5) is 0 Å². The minimum absolute atomic E-state index is 0.773. The predicted octanol–water partition coefficient (Wildman–Crippen LogP) is 3.42. The zero-order valence-corrected chi connectivity index (χ0v) is 12.5. The Bertz CT molecular complexity index is 223. The molecular weight excluding hydrogens is 220 g/mol. The molecule has 0 aromatic heterocycles. The van der Waals surface area contributed by atoms with Crippen molar-refractivity contribution in [1.82, 2.24) is 10.2 Å². The van der Waals surface area contributed by atoms with Crippen LogP contribution in [0, 0.1) is 5.92 Å². The fourth-order valence-corrected chi connectivity index (χ4v) is 3.86. The van der Waals surface area contributed by atoms with Crippen molar-refractivity contribution in [2.45, 2.75) is 77.3 Å². The van der Waals surface area contributed by atoms with Gasteiger partial charge in [0, 0.05) is 18.6 Å². The van der Waals surface area contributed by atoms with Gasteiger partial charge in [-0.15, -0.1) is 0 Å². The highest BCUT2D eigenvalue weighted by Crippen LogP contribution is 2.28. The number of rotatable bonds is 5. The van der Waals surface area contributed by atoms with Gasteiger partial charge in [0.1, 0.15) is 0 Å². The third kappa shape index (κ3) is 3.96. The molecule has 1 aliphatic heterocycles. The second-order valence-corrected chi connectivity index (χ2v) is 6.32. The molecule has 0 amide bonds. The Balaban J connectivity index is 1.82. The number of likely N-dealkylation sites (N-methyl/N-ethyl adjacent to an activating group) is 1. The summed E-state index contributed by atoms with van der Waals surface area (Å²) in [6.45, 7) is 8.48. The van der Waals surface area contributed by atoms with E-state index in [1.165, 1.54) is 71.0 Å². The highest BCUT2D eigenvalue weighted by Gasteiger charge is 2.25. The molecule has 0 spiro atoms. The van der Waals surface area contributed by atoms with Crippen molar-refractivity contribution in [3.8, 4) is 0 Å². The zero-order chi connectivity index (χ0) is 12.8. The first kappa shape index (κ1) is 14.3. The molecule has 2 rings (SSSR count). The van der Waals surface area contributed by atoms with Gasteiger partial charge in [-0.05, 0) is 51.1 Å². The van der Waals surface area contributed by atoms with Crippen LogP contribution < -0.4 is 5.32 Å². The van der Waals surface area contributed by atoms with Crippen LogP contribution in [0.15, 0.2) is 0 Å². The third-order valence-electron chi connectivity index (χ3n) is 5.18.